The van der Waals surface area contributed by atoms with Crippen LogP contribution in [0, 0.1) is 6.92 Å². The summed E-state index contributed by atoms with van der Waals surface area (Å²) in [4.78, 5) is 0. The van der Waals surface area contributed by atoms with Crippen LogP contribution in [-0.2, 0) is 6.42 Å². The molecule has 0 aliphatic carbocycles. The largest absolute Gasteiger partial charge is 0.466 e. The van der Waals surface area contributed by atoms with Crippen LogP contribution in [0.1, 0.15) is 11.5 Å². The molecule has 0 aliphatic rings. The lowest BCUT2D eigenvalue weighted by Gasteiger charge is -2.01. The Hall–Kier alpha value is -0.470. The van der Waals surface area contributed by atoms with Crippen molar-refractivity contribution in [3.8, 4) is 0 Å². The van der Waals surface area contributed by atoms with Gasteiger partial charge in [0.05, 0.1) is 6.10 Å². The maximum Gasteiger partial charge on any atom is 0.106 e. The van der Waals surface area contributed by atoms with Crippen LogP contribution >= 0.6 is 11.6 Å². The van der Waals surface area contributed by atoms with E-state index in [1.807, 2.05) is 19.1 Å². The van der Waals surface area contributed by atoms with Crippen LogP contribution in [-0.4, -0.2) is 17.1 Å². The molecule has 1 aromatic rings. The van der Waals surface area contributed by atoms with Gasteiger partial charge < -0.3 is 9.52 Å². The van der Waals surface area contributed by atoms with Gasteiger partial charge in [-0.2, -0.15) is 0 Å². The summed E-state index contributed by atoms with van der Waals surface area (Å²) in [6.07, 6.45) is -0.000586. The van der Waals surface area contributed by atoms with Gasteiger partial charge in [-0.25, -0.2) is 0 Å². The monoisotopic (exact) mass is 174 g/mol. The first-order chi connectivity index (χ1) is 5.22. The quantitative estimate of drug-likeness (QED) is 0.709. The van der Waals surface area contributed by atoms with Crippen molar-refractivity contribution in [1.29, 1.82) is 0 Å². The first-order valence-corrected chi connectivity index (χ1v) is 4.05. The molecule has 3 heteroatoms. The normalized spacial score (nSPS) is 13.4. The molecule has 0 aliphatic heterocycles. The van der Waals surface area contributed by atoms with Crippen LogP contribution in [0.2, 0.25) is 0 Å². The van der Waals surface area contributed by atoms with E-state index in [1.165, 1.54) is 0 Å². The number of hydrogen-bond donors (Lipinski definition) is 1. The molecule has 0 radical (unpaired) electrons. The van der Waals surface area contributed by atoms with Crippen molar-refractivity contribution in [2.45, 2.75) is 19.4 Å². The Morgan fingerprint density at radius 3 is 2.82 bits per heavy atom. The molecule has 0 bridgehead atoms. The molecule has 0 aromatic carbocycles. The lowest BCUT2D eigenvalue weighted by molar-refractivity contribution is 0.190. The third-order valence-corrected chi connectivity index (χ3v) is 1.77. The molecule has 2 nitrogen and oxygen atoms in total. The minimum absolute atomic E-state index is 0.250. The molecular formula is C8H11ClO2. The Morgan fingerprint density at radius 2 is 2.36 bits per heavy atom. The molecule has 0 saturated heterocycles. The molecule has 1 atom stereocenters. The summed E-state index contributed by atoms with van der Waals surface area (Å²) in [7, 11) is 0. The van der Waals surface area contributed by atoms with E-state index in [0.717, 1.165) is 11.5 Å². The van der Waals surface area contributed by atoms with Gasteiger partial charge in [-0.15, -0.1) is 11.6 Å². The number of hydrogen-bond acceptors (Lipinski definition) is 2. The number of furan rings is 1. The van der Waals surface area contributed by atoms with Gasteiger partial charge in [0.1, 0.15) is 11.5 Å². The molecule has 0 saturated carbocycles. The van der Waals surface area contributed by atoms with Crippen molar-refractivity contribution >= 4 is 11.6 Å². The van der Waals surface area contributed by atoms with E-state index in [1.54, 1.807) is 0 Å². The van der Waals surface area contributed by atoms with Crippen molar-refractivity contribution in [2.75, 3.05) is 5.88 Å². The molecule has 1 unspecified atom stereocenters. The van der Waals surface area contributed by atoms with Gasteiger partial charge in [-0.1, -0.05) is 0 Å². The number of alkyl halides is 1. The zero-order valence-corrected chi connectivity index (χ0v) is 7.14. The fourth-order valence-corrected chi connectivity index (χ4v) is 0.991. The van der Waals surface area contributed by atoms with Gasteiger partial charge in [-0.3, -0.25) is 0 Å². The predicted octanol–water partition coefficient (Wildman–Crippen LogP) is 1.73. The molecule has 0 fully saturated rings. The number of halogens is 1. The summed E-state index contributed by atoms with van der Waals surface area (Å²) in [6, 6.07) is 3.72. The van der Waals surface area contributed by atoms with Crippen LogP contribution < -0.4 is 0 Å². The molecule has 1 aromatic heterocycles. The summed E-state index contributed by atoms with van der Waals surface area (Å²) in [6.45, 7) is 1.87. The van der Waals surface area contributed by atoms with Gasteiger partial charge in [0.25, 0.3) is 0 Å². The van der Waals surface area contributed by atoms with E-state index in [-0.39, 0.29) is 5.88 Å². The molecule has 1 rings (SSSR count). The van der Waals surface area contributed by atoms with Crippen molar-refractivity contribution in [3.63, 3.8) is 0 Å². The summed E-state index contributed by atoms with van der Waals surface area (Å²) >= 11 is 5.42. The van der Waals surface area contributed by atoms with Crippen molar-refractivity contribution < 1.29 is 9.52 Å². The van der Waals surface area contributed by atoms with Gasteiger partial charge in [0, 0.05) is 12.3 Å². The van der Waals surface area contributed by atoms with Gasteiger partial charge in [-0.05, 0) is 19.1 Å². The molecular weight excluding hydrogens is 164 g/mol. The second-order valence-corrected chi connectivity index (χ2v) is 2.83. The van der Waals surface area contributed by atoms with Crippen LogP contribution in [0.5, 0.6) is 0 Å². The third kappa shape index (κ3) is 2.56. The van der Waals surface area contributed by atoms with E-state index < -0.39 is 6.10 Å². The Kier molecular flexibility index (Phi) is 2.97. The molecule has 62 valence electrons. The SMILES string of the molecule is Cc1ccc(CC(O)CCl)o1. The van der Waals surface area contributed by atoms with Gasteiger partial charge >= 0.3 is 0 Å². The van der Waals surface area contributed by atoms with E-state index in [9.17, 15) is 0 Å². The molecule has 11 heavy (non-hydrogen) atoms. The number of aliphatic hydroxyl groups is 1. The van der Waals surface area contributed by atoms with Gasteiger partial charge in [0.15, 0.2) is 0 Å². The lowest BCUT2D eigenvalue weighted by atomic mass is 10.2. The third-order valence-electron chi connectivity index (χ3n) is 1.41. The maximum absolute atomic E-state index is 9.13. The minimum Gasteiger partial charge on any atom is -0.466 e. The second kappa shape index (κ2) is 3.79. The Labute approximate surface area is 70.8 Å². The Balaban J connectivity index is 2.50. The van der Waals surface area contributed by atoms with E-state index >= 15 is 0 Å². The van der Waals surface area contributed by atoms with Crippen molar-refractivity contribution in [3.05, 3.63) is 23.7 Å². The average Bonchev–Trinajstić information content (AvgIpc) is 2.35. The molecule has 1 heterocycles. The number of rotatable bonds is 3. The average molecular weight is 175 g/mol. The summed E-state index contributed by atoms with van der Waals surface area (Å²) in [5, 5.41) is 9.13. The van der Waals surface area contributed by atoms with Crippen molar-refractivity contribution in [1.82, 2.24) is 0 Å². The van der Waals surface area contributed by atoms with E-state index in [0.29, 0.717) is 6.42 Å². The van der Waals surface area contributed by atoms with E-state index in [4.69, 9.17) is 21.1 Å². The minimum atomic E-state index is -0.498. The lowest BCUT2D eigenvalue weighted by Crippen LogP contribution is -2.10. The highest BCUT2D eigenvalue weighted by Crippen LogP contribution is 2.09. The predicted molar refractivity (Wildman–Crippen MR) is 43.9 cm³/mol. The number of aliphatic hydroxyl groups excluding tert-OH is 1. The zero-order valence-electron chi connectivity index (χ0n) is 6.38. The molecule has 1 N–H and O–H groups in total. The summed E-state index contributed by atoms with van der Waals surface area (Å²) < 4.78 is 5.24. The van der Waals surface area contributed by atoms with E-state index in [2.05, 4.69) is 0 Å². The highest BCUT2D eigenvalue weighted by atomic mass is 35.5. The topological polar surface area (TPSA) is 33.4 Å². The highest BCUT2D eigenvalue weighted by molar-refractivity contribution is 6.18. The molecule has 0 amide bonds. The Morgan fingerprint density at radius 1 is 1.64 bits per heavy atom. The van der Waals surface area contributed by atoms with Crippen LogP contribution in [0.25, 0.3) is 0 Å². The van der Waals surface area contributed by atoms with Gasteiger partial charge in [0.2, 0.25) is 0 Å². The summed E-state index contributed by atoms with van der Waals surface area (Å²) in [5.41, 5.74) is 0. The van der Waals surface area contributed by atoms with Crippen LogP contribution in [0.3, 0.4) is 0 Å². The van der Waals surface area contributed by atoms with Crippen LogP contribution in [0.4, 0.5) is 0 Å². The fraction of sp³-hybridized carbons (Fsp3) is 0.500. The molecule has 0 spiro atoms. The number of aryl methyl sites for hydroxylation is 1. The maximum atomic E-state index is 9.13. The standard InChI is InChI=1S/C8H11ClO2/c1-6-2-3-8(11-6)4-7(10)5-9/h2-3,7,10H,4-5H2,1H3. The first-order valence-electron chi connectivity index (χ1n) is 3.51. The smallest absolute Gasteiger partial charge is 0.106 e. The Bertz CT molecular complexity index is 220. The zero-order chi connectivity index (χ0) is 8.27. The first kappa shape index (κ1) is 8.62. The van der Waals surface area contributed by atoms with Crippen molar-refractivity contribution in [2.24, 2.45) is 0 Å². The second-order valence-electron chi connectivity index (χ2n) is 2.52. The van der Waals surface area contributed by atoms with Crippen LogP contribution in [0.15, 0.2) is 16.5 Å². The fourth-order valence-electron chi connectivity index (χ4n) is 0.882. The summed E-state index contributed by atoms with van der Waals surface area (Å²) in [5.74, 6) is 1.90. The highest BCUT2D eigenvalue weighted by Gasteiger charge is 2.05.